The van der Waals surface area contributed by atoms with Crippen molar-refractivity contribution in [2.75, 3.05) is 6.54 Å². The van der Waals surface area contributed by atoms with Crippen LogP contribution < -0.4 is 5.32 Å². The Morgan fingerprint density at radius 2 is 2.50 bits per heavy atom. The predicted octanol–water partition coefficient (Wildman–Crippen LogP) is 1.41. The molecule has 0 aliphatic carbocycles. The fraction of sp³-hybridized carbons (Fsp3) is 0.545. The molecule has 0 bridgehead atoms. The first kappa shape index (κ1) is 10.8. The molecular weight excluding hydrogens is 174 g/mol. The molecule has 0 aliphatic rings. The summed E-state index contributed by atoms with van der Waals surface area (Å²) in [6.07, 6.45) is 10.9. The second-order valence-corrected chi connectivity index (χ2v) is 3.11. The molecule has 3 nitrogen and oxygen atoms in total. The van der Waals surface area contributed by atoms with Crippen LogP contribution in [-0.4, -0.2) is 16.1 Å². The van der Waals surface area contributed by atoms with Gasteiger partial charge in [-0.25, -0.2) is 4.98 Å². The van der Waals surface area contributed by atoms with Crippen LogP contribution in [-0.2, 0) is 13.1 Å². The summed E-state index contributed by atoms with van der Waals surface area (Å²) in [5.41, 5.74) is 0. The van der Waals surface area contributed by atoms with Crippen molar-refractivity contribution < 1.29 is 0 Å². The minimum absolute atomic E-state index is 0.825. The summed E-state index contributed by atoms with van der Waals surface area (Å²) in [6, 6.07) is 0. The summed E-state index contributed by atoms with van der Waals surface area (Å²) in [7, 11) is 0. The first-order valence-electron chi connectivity index (χ1n) is 5.02. The van der Waals surface area contributed by atoms with Crippen molar-refractivity contribution in [2.45, 2.75) is 32.9 Å². The Kier molecular flexibility index (Phi) is 4.81. The van der Waals surface area contributed by atoms with Crippen LogP contribution in [0.3, 0.4) is 0 Å². The standard InChI is InChI=1S/C11H17N3/c1-3-5-6-7-12-10-11-13-8-9-14(11)4-2/h1,8-9,12H,4-7,10H2,2H3. The maximum Gasteiger partial charge on any atom is 0.122 e. The number of imidazole rings is 1. The number of hydrogen-bond donors (Lipinski definition) is 1. The van der Waals surface area contributed by atoms with Gasteiger partial charge in [-0.15, -0.1) is 12.3 Å². The Balaban J connectivity index is 2.21. The van der Waals surface area contributed by atoms with E-state index in [0.717, 1.165) is 38.3 Å². The maximum absolute atomic E-state index is 5.16. The normalized spacial score (nSPS) is 10.0. The number of nitrogens with zero attached hydrogens (tertiary/aromatic N) is 2. The summed E-state index contributed by atoms with van der Waals surface area (Å²) in [6.45, 7) is 4.87. The molecule has 0 saturated heterocycles. The summed E-state index contributed by atoms with van der Waals surface area (Å²) < 4.78 is 2.13. The van der Waals surface area contributed by atoms with Gasteiger partial charge in [0.15, 0.2) is 0 Å². The van der Waals surface area contributed by atoms with E-state index in [9.17, 15) is 0 Å². The van der Waals surface area contributed by atoms with E-state index in [4.69, 9.17) is 6.42 Å². The van der Waals surface area contributed by atoms with E-state index in [0.29, 0.717) is 0 Å². The molecule has 0 amide bonds. The minimum atomic E-state index is 0.825. The lowest BCUT2D eigenvalue weighted by atomic mass is 10.3. The minimum Gasteiger partial charge on any atom is -0.334 e. The topological polar surface area (TPSA) is 29.9 Å². The Morgan fingerprint density at radius 1 is 1.64 bits per heavy atom. The highest BCUT2D eigenvalue weighted by Crippen LogP contribution is 1.96. The first-order chi connectivity index (χ1) is 6.88. The van der Waals surface area contributed by atoms with E-state index in [1.165, 1.54) is 0 Å². The smallest absolute Gasteiger partial charge is 0.122 e. The second kappa shape index (κ2) is 6.22. The third-order valence-corrected chi connectivity index (χ3v) is 2.10. The molecule has 0 radical (unpaired) electrons. The van der Waals surface area contributed by atoms with Crippen LogP contribution in [0.15, 0.2) is 12.4 Å². The van der Waals surface area contributed by atoms with Crippen molar-refractivity contribution in [3.8, 4) is 12.3 Å². The summed E-state index contributed by atoms with van der Waals surface area (Å²) >= 11 is 0. The number of aryl methyl sites for hydroxylation is 1. The van der Waals surface area contributed by atoms with Gasteiger partial charge in [0.1, 0.15) is 5.82 Å². The third kappa shape index (κ3) is 3.23. The predicted molar refractivity (Wildman–Crippen MR) is 57.7 cm³/mol. The van der Waals surface area contributed by atoms with Crippen molar-refractivity contribution in [3.05, 3.63) is 18.2 Å². The molecule has 0 saturated carbocycles. The van der Waals surface area contributed by atoms with Crippen molar-refractivity contribution >= 4 is 0 Å². The molecule has 1 N–H and O–H groups in total. The number of aromatic nitrogens is 2. The van der Waals surface area contributed by atoms with E-state index in [2.05, 4.69) is 27.7 Å². The van der Waals surface area contributed by atoms with Crippen LogP contribution in [0.1, 0.15) is 25.6 Å². The molecule has 0 spiro atoms. The zero-order valence-corrected chi connectivity index (χ0v) is 8.66. The van der Waals surface area contributed by atoms with Gasteiger partial charge in [0.05, 0.1) is 6.54 Å². The van der Waals surface area contributed by atoms with Crippen LogP contribution in [0.5, 0.6) is 0 Å². The molecule has 14 heavy (non-hydrogen) atoms. The molecule has 3 heteroatoms. The zero-order chi connectivity index (χ0) is 10.2. The van der Waals surface area contributed by atoms with Gasteiger partial charge in [-0.05, 0) is 19.9 Å². The quantitative estimate of drug-likeness (QED) is 0.544. The molecule has 0 atom stereocenters. The lowest BCUT2D eigenvalue weighted by Gasteiger charge is -2.05. The molecule has 1 aromatic rings. The number of hydrogen-bond acceptors (Lipinski definition) is 2. The fourth-order valence-electron chi connectivity index (χ4n) is 1.31. The summed E-state index contributed by atoms with van der Waals surface area (Å²) in [4.78, 5) is 4.26. The molecule has 0 unspecified atom stereocenters. The lowest BCUT2D eigenvalue weighted by molar-refractivity contribution is 0.601. The van der Waals surface area contributed by atoms with Gasteiger partial charge < -0.3 is 9.88 Å². The Morgan fingerprint density at radius 3 is 3.21 bits per heavy atom. The monoisotopic (exact) mass is 191 g/mol. The maximum atomic E-state index is 5.16. The molecular formula is C11H17N3. The van der Waals surface area contributed by atoms with E-state index >= 15 is 0 Å². The fourth-order valence-corrected chi connectivity index (χ4v) is 1.31. The van der Waals surface area contributed by atoms with Gasteiger partial charge in [0, 0.05) is 25.4 Å². The SMILES string of the molecule is C#CCCCNCc1nccn1CC. The van der Waals surface area contributed by atoms with E-state index in [1.807, 2.05) is 12.4 Å². The van der Waals surface area contributed by atoms with Gasteiger partial charge in [0.25, 0.3) is 0 Å². The molecule has 0 aromatic carbocycles. The first-order valence-corrected chi connectivity index (χ1v) is 5.02. The van der Waals surface area contributed by atoms with Gasteiger partial charge in [-0.2, -0.15) is 0 Å². The van der Waals surface area contributed by atoms with Crippen LogP contribution in [0, 0.1) is 12.3 Å². The van der Waals surface area contributed by atoms with E-state index < -0.39 is 0 Å². The Hall–Kier alpha value is -1.27. The molecule has 1 heterocycles. The van der Waals surface area contributed by atoms with Gasteiger partial charge in [-0.3, -0.25) is 0 Å². The number of unbranched alkanes of at least 4 members (excludes halogenated alkanes) is 1. The van der Waals surface area contributed by atoms with Crippen LogP contribution in [0.2, 0.25) is 0 Å². The average Bonchev–Trinajstić information content (AvgIpc) is 2.65. The van der Waals surface area contributed by atoms with Gasteiger partial charge in [-0.1, -0.05) is 0 Å². The highest BCUT2D eigenvalue weighted by atomic mass is 15.1. The van der Waals surface area contributed by atoms with Gasteiger partial charge >= 0.3 is 0 Å². The largest absolute Gasteiger partial charge is 0.334 e. The molecule has 0 fully saturated rings. The Labute approximate surface area is 85.5 Å². The molecule has 1 aromatic heterocycles. The van der Waals surface area contributed by atoms with Crippen LogP contribution >= 0.6 is 0 Å². The van der Waals surface area contributed by atoms with Crippen molar-refractivity contribution in [3.63, 3.8) is 0 Å². The van der Waals surface area contributed by atoms with Crippen molar-refractivity contribution in [1.82, 2.24) is 14.9 Å². The van der Waals surface area contributed by atoms with Crippen molar-refractivity contribution in [1.29, 1.82) is 0 Å². The van der Waals surface area contributed by atoms with Crippen molar-refractivity contribution in [2.24, 2.45) is 0 Å². The van der Waals surface area contributed by atoms with E-state index in [-0.39, 0.29) is 0 Å². The second-order valence-electron chi connectivity index (χ2n) is 3.11. The highest BCUT2D eigenvalue weighted by Gasteiger charge is 1.98. The highest BCUT2D eigenvalue weighted by molar-refractivity contribution is 4.91. The molecule has 0 aliphatic heterocycles. The Bertz CT molecular complexity index is 296. The zero-order valence-electron chi connectivity index (χ0n) is 8.66. The van der Waals surface area contributed by atoms with Crippen LogP contribution in [0.25, 0.3) is 0 Å². The summed E-state index contributed by atoms with van der Waals surface area (Å²) in [5, 5.41) is 3.32. The van der Waals surface area contributed by atoms with Gasteiger partial charge in [0.2, 0.25) is 0 Å². The summed E-state index contributed by atoms with van der Waals surface area (Å²) in [5.74, 6) is 3.71. The molecule has 1 rings (SSSR count). The molecule has 76 valence electrons. The average molecular weight is 191 g/mol. The lowest BCUT2D eigenvalue weighted by Crippen LogP contribution is -2.17. The van der Waals surface area contributed by atoms with Crippen LogP contribution in [0.4, 0.5) is 0 Å². The van der Waals surface area contributed by atoms with E-state index in [1.54, 1.807) is 0 Å². The number of terminal acetylenes is 1. The number of rotatable bonds is 6. The third-order valence-electron chi connectivity index (χ3n) is 2.10. The number of nitrogens with one attached hydrogen (secondary N) is 1.